The number of azo groups is 1. The van der Waals surface area contributed by atoms with Gasteiger partial charge in [-0.05, 0) is 46.9 Å². The van der Waals surface area contributed by atoms with E-state index in [1.54, 1.807) is 6.20 Å². The van der Waals surface area contributed by atoms with Gasteiger partial charge >= 0.3 is 0 Å². The topological polar surface area (TPSA) is 37.6 Å². The van der Waals surface area contributed by atoms with Crippen molar-refractivity contribution in [1.82, 2.24) is 4.98 Å². The van der Waals surface area contributed by atoms with Gasteiger partial charge in [0.2, 0.25) is 5.13 Å². The van der Waals surface area contributed by atoms with Gasteiger partial charge in [0.1, 0.15) is 0 Å². The van der Waals surface area contributed by atoms with Gasteiger partial charge in [-0.2, -0.15) is 0 Å². The lowest BCUT2D eigenvalue weighted by molar-refractivity contribution is 1.20. The molecular weight excluding hydrogens is 309 g/mol. The standard InChI is InChI=1S/C9H6IN3S/c10-7-1-3-8(4-2-7)12-13-9-11-5-6-14-9/h1-6H. The summed E-state index contributed by atoms with van der Waals surface area (Å²) < 4.78 is 1.19. The van der Waals surface area contributed by atoms with Crippen LogP contribution in [0.15, 0.2) is 46.1 Å². The third-order valence-corrected chi connectivity index (χ3v) is 2.87. The Morgan fingerprint density at radius 3 is 2.57 bits per heavy atom. The predicted molar refractivity (Wildman–Crippen MR) is 65.4 cm³/mol. The summed E-state index contributed by atoms with van der Waals surface area (Å²) in [5.41, 5.74) is 0.848. The first kappa shape index (κ1) is 9.72. The molecule has 3 nitrogen and oxygen atoms in total. The van der Waals surface area contributed by atoms with E-state index in [9.17, 15) is 0 Å². The Morgan fingerprint density at radius 2 is 1.93 bits per heavy atom. The van der Waals surface area contributed by atoms with Crippen LogP contribution in [-0.2, 0) is 0 Å². The van der Waals surface area contributed by atoms with E-state index in [4.69, 9.17) is 0 Å². The molecule has 0 aliphatic rings. The Hall–Kier alpha value is -0.820. The molecule has 0 spiro atoms. The number of aromatic nitrogens is 1. The molecule has 0 bridgehead atoms. The first-order valence-corrected chi connectivity index (χ1v) is 5.87. The van der Waals surface area contributed by atoms with Crippen LogP contribution < -0.4 is 0 Å². The van der Waals surface area contributed by atoms with Crippen LogP contribution in [0, 0.1) is 3.57 Å². The molecule has 0 saturated carbocycles. The number of nitrogens with zero attached hydrogens (tertiary/aromatic N) is 3. The molecule has 0 amide bonds. The highest BCUT2D eigenvalue weighted by Crippen LogP contribution is 2.20. The lowest BCUT2D eigenvalue weighted by atomic mass is 10.3. The highest BCUT2D eigenvalue weighted by molar-refractivity contribution is 14.1. The minimum absolute atomic E-state index is 0.684. The zero-order valence-electron chi connectivity index (χ0n) is 7.09. The van der Waals surface area contributed by atoms with Crippen molar-refractivity contribution in [3.8, 4) is 0 Å². The average Bonchev–Trinajstić information content (AvgIpc) is 2.70. The van der Waals surface area contributed by atoms with Crippen LogP contribution in [0.2, 0.25) is 0 Å². The van der Waals surface area contributed by atoms with Crippen molar-refractivity contribution in [3.05, 3.63) is 39.4 Å². The highest BCUT2D eigenvalue weighted by Gasteiger charge is 1.91. The first-order chi connectivity index (χ1) is 6.84. The van der Waals surface area contributed by atoms with E-state index in [1.807, 2.05) is 29.6 Å². The fourth-order valence-corrected chi connectivity index (χ4v) is 1.69. The van der Waals surface area contributed by atoms with Gasteiger partial charge in [0.15, 0.2) is 0 Å². The van der Waals surface area contributed by atoms with Crippen LogP contribution in [0.1, 0.15) is 0 Å². The Bertz CT molecular complexity index is 422. The lowest BCUT2D eigenvalue weighted by Gasteiger charge is -1.90. The number of halogens is 1. The second-order valence-corrected chi connectivity index (χ2v) is 4.61. The smallest absolute Gasteiger partial charge is 0.226 e. The van der Waals surface area contributed by atoms with Crippen LogP contribution in [0.5, 0.6) is 0 Å². The molecule has 14 heavy (non-hydrogen) atoms. The molecule has 1 aromatic heterocycles. The summed E-state index contributed by atoms with van der Waals surface area (Å²) in [6.45, 7) is 0. The van der Waals surface area contributed by atoms with Gasteiger partial charge in [-0.15, -0.1) is 21.6 Å². The number of hydrogen-bond acceptors (Lipinski definition) is 4. The second-order valence-electron chi connectivity index (χ2n) is 2.49. The fraction of sp³-hybridized carbons (Fsp3) is 0. The normalized spacial score (nSPS) is 10.9. The Labute approximate surface area is 99.1 Å². The summed E-state index contributed by atoms with van der Waals surface area (Å²) in [7, 11) is 0. The molecule has 0 saturated heterocycles. The maximum Gasteiger partial charge on any atom is 0.229 e. The molecule has 0 N–H and O–H groups in total. The summed E-state index contributed by atoms with van der Waals surface area (Å²) in [6, 6.07) is 7.85. The van der Waals surface area contributed by atoms with E-state index >= 15 is 0 Å². The monoisotopic (exact) mass is 315 g/mol. The van der Waals surface area contributed by atoms with E-state index in [0.29, 0.717) is 5.13 Å². The Balaban J connectivity index is 2.15. The van der Waals surface area contributed by atoms with Gasteiger partial charge in [-0.1, -0.05) is 0 Å². The predicted octanol–water partition coefficient (Wildman–Crippen LogP) is 4.16. The van der Waals surface area contributed by atoms with Gasteiger partial charge in [-0.25, -0.2) is 4.98 Å². The molecule has 0 fully saturated rings. The summed E-state index contributed by atoms with van der Waals surface area (Å²) in [5, 5.41) is 10.6. The van der Waals surface area contributed by atoms with Crippen LogP contribution >= 0.6 is 33.9 Å². The number of rotatable bonds is 2. The SMILES string of the molecule is Ic1ccc(N=Nc2nccs2)cc1. The molecule has 0 aliphatic carbocycles. The minimum atomic E-state index is 0.684. The van der Waals surface area contributed by atoms with E-state index < -0.39 is 0 Å². The van der Waals surface area contributed by atoms with E-state index in [1.165, 1.54) is 14.9 Å². The zero-order chi connectivity index (χ0) is 9.80. The van der Waals surface area contributed by atoms with Gasteiger partial charge in [0, 0.05) is 15.1 Å². The van der Waals surface area contributed by atoms with Crippen LogP contribution in [0.4, 0.5) is 10.8 Å². The first-order valence-electron chi connectivity index (χ1n) is 3.91. The molecule has 0 atom stereocenters. The maximum absolute atomic E-state index is 4.06. The zero-order valence-corrected chi connectivity index (χ0v) is 10.1. The van der Waals surface area contributed by atoms with Crippen molar-refractivity contribution >= 4 is 44.7 Å². The summed E-state index contributed by atoms with van der Waals surface area (Å²) in [6.07, 6.45) is 1.72. The van der Waals surface area contributed by atoms with Crippen molar-refractivity contribution in [2.24, 2.45) is 10.2 Å². The van der Waals surface area contributed by atoms with Crippen molar-refractivity contribution in [2.75, 3.05) is 0 Å². The molecule has 0 unspecified atom stereocenters. The average molecular weight is 315 g/mol. The second kappa shape index (κ2) is 4.61. The van der Waals surface area contributed by atoms with Gasteiger partial charge in [0.05, 0.1) is 5.69 Å². The third kappa shape index (κ3) is 2.58. The molecule has 2 rings (SSSR count). The van der Waals surface area contributed by atoms with Gasteiger partial charge < -0.3 is 0 Å². The molecule has 1 heterocycles. The Kier molecular flexibility index (Phi) is 3.20. The maximum atomic E-state index is 4.06. The number of hydrogen-bond donors (Lipinski definition) is 0. The van der Waals surface area contributed by atoms with E-state index in [0.717, 1.165) is 5.69 Å². The van der Waals surface area contributed by atoms with Crippen molar-refractivity contribution in [2.45, 2.75) is 0 Å². The van der Waals surface area contributed by atoms with Crippen molar-refractivity contribution < 1.29 is 0 Å². The molecule has 70 valence electrons. The molecule has 0 radical (unpaired) electrons. The van der Waals surface area contributed by atoms with Crippen LogP contribution in [-0.4, -0.2) is 4.98 Å². The quantitative estimate of drug-likeness (QED) is 0.605. The van der Waals surface area contributed by atoms with Gasteiger partial charge in [-0.3, -0.25) is 0 Å². The molecule has 1 aromatic carbocycles. The van der Waals surface area contributed by atoms with Crippen molar-refractivity contribution in [3.63, 3.8) is 0 Å². The van der Waals surface area contributed by atoms with Gasteiger partial charge in [0.25, 0.3) is 0 Å². The molecular formula is C9H6IN3S. The fourth-order valence-electron chi connectivity index (χ4n) is 0.874. The van der Waals surface area contributed by atoms with Crippen LogP contribution in [0.25, 0.3) is 0 Å². The van der Waals surface area contributed by atoms with E-state index in [-0.39, 0.29) is 0 Å². The summed E-state index contributed by atoms with van der Waals surface area (Å²) in [4.78, 5) is 4.01. The number of thiazole rings is 1. The summed E-state index contributed by atoms with van der Waals surface area (Å²) in [5.74, 6) is 0. The van der Waals surface area contributed by atoms with Crippen LogP contribution in [0.3, 0.4) is 0 Å². The minimum Gasteiger partial charge on any atom is -0.226 e. The molecule has 2 aromatic rings. The van der Waals surface area contributed by atoms with Crippen molar-refractivity contribution in [1.29, 1.82) is 0 Å². The molecule has 5 heteroatoms. The highest BCUT2D eigenvalue weighted by atomic mass is 127. The third-order valence-electron chi connectivity index (χ3n) is 1.50. The number of benzene rings is 1. The van der Waals surface area contributed by atoms with E-state index in [2.05, 4.69) is 37.8 Å². The Morgan fingerprint density at radius 1 is 1.14 bits per heavy atom. The largest absolute Gasteiger partial charge is 0.229 e. The molecule has 0 aliphatic heterocycles. The summed E-state index contributed by atoms with van der Waals surface area (Å²) >= 11 is 3.73. The lowest BCUT2D eigenvalue weighted by Crippen LogP contribution is -1.66.